The molecule has 1 N–H and O–H groups in total. The van der Waals surface area contributed by atoms with Crippen LogP contribution in [0.2, 0.25) is 5.02 Å². The van der Waals surface area contributed by atoms with Crippen LogP contribution in [-0.2, 0) is 17.9 Å². The van der Waals surface area contributed by atoms with Crippen LogP contribution in [0.4, 0.5) is 10.1 Å². The largest absolute Gasteiger partial charge is 0.467 e. The lowest BCUT2D eigenvalue weighted by atomic mass is 10.2. The first kappa shape index (κ1) is 20.8. The number of carbonyl (C=O) groups excluding carboxylic acids is 1. The summed E-state index contributed by atoms with van der Waals surface area (Å²) in [5, 5.41) is 2.95. The van der Waals surface area contributed by atoms with Crippen molar-refractivity contribution in [3.05, 3.63) is 98.3 Å². The Labute approximate surface area is 189 Å². The van der Waals surface area contributed by atoms with Crippen molar-refractivity contribution in [1.29, 1.82) is 0 Å². The van der Waals surface area contributed by atoms with Crippen LogP contribution in [0, 0.1) is 5.82 Å². The standard InChI is InChI=1S/C23H15ClFN3O5/c24-16-10-13(7-8-17(16)25)26-19(29)12-27-20-15-5-1-2-6-18(15)33-21(20)22(30)28(23(27)31)11-14-4-3-9-32-14/h1-10H,11-12H2,(H,26,29). The zero-order valence-corrected chi connectivity index (χ0v) is 17.6. The number of aromatic nitrogens is 2. The van der Waals surface area contributed by atoms with Gasteiger partial charge in [-0.15, -0.1) is 0 Å². The summed E-state index contributed by atoms with van der Waals surface area (Å²) in [4.78, 5) is 39.3. The maximum absolute atomic E-state index is 13.4. The number of benzene rings is 2. The van der Waals surface area contributed by atoms with Crippen LogP contribution < -0.4 is 16.6 Å². The van der Waals surface area contributed by atoms with Crippen LogP contribution in [0.15, 0.2) is 79.3 Å². The molecule has 166 valence electrons. The first-order valence-electron chi connectivity index (χ1n) is 9.84. The van der Waals surface area contributed by atoms with E-state index < -0.39 is 29.5 Å². The maximum Gasteiger partial charge on any atom is 0.332 e. The first-order valence-corrected chi connectivity index (χ1v) is 10.2. The highest BCUT2D eigenvalue weighted by Gasteiger charge is 2.22. The van der Waals surface area contributed by atoms with Crippen molar-refractivity contribution >= 4 is 45.3 Å². The van der Waals surface area contributed by atoms with E-state index in [9.17, 15) is 18.8 Å². The molecule has 0 bridgehead atoms. The number of carbonyl (C=O) groups is 1. The molecule has 0 aliphatic heterocycles. The van der Waals surface area contributed by atoms with Gasteiger partial charge in [0.1, 0.15) is 29.2 Å². The maximum atomic E-state index is 13.4. The number of para-hydroxylation sites is 1. The summed E-state index contributed by atoms with van der Waals surface area (Å²) in [6.45, 7) is -0.556. The highest BCUT2D eigenvalue weighted by molar-refractivity contribution is 6.31. The summed E-state index contributed by atoms with van der Waals surface area (Å²) < 4.78 is 26.6. The fourth-order valence-electron chi connectivity index (χ4n) is 3.66. The third-order valence-electron chi connectivity index (χ3n) is 5.14. The lowest BCUT2D eigenvalue weighted by Crippen LogP contribution is -2.41. The average molecular weight is 468 g/mol. The van der Waals surface area contributed by atoms with Gasteiger partial charge in [-0.1, -0.05) is 23.7 Å². The lowest BCUT2D eigenvalue weighted by molar-refractivity contribution is -0.116. The molecular formula is C23H15ClFN3O5. The Balaban J connectivity index is 1.64. The Kier molecular flexibility index (Phi) is 5.10. The summed E-state index contributed by atoms with van der Waals surface area (Å²) >= 11 is 5.78. The molecule has 0 aliphatic rings. The minimum Gasteiger partial charge on any atom is -0.467 e. The van der Waals surface area contributed by atoms with E-state index in [1.54, 1.807) is 36.4 Å². The van der Waals surface area contributed by atoms with E-state index in [1.165, 1.54) is 23.0 Å². The molecule has 0 radical (unpaired) electrons. The topological polar surface area (TPSA) is 99.4 Å². The SMILES string of the molecule is O=C(Cn1c(=O)n(Cc2ccco2)c(=O)c2oc3ccccc3c21)Nc1ccc(F)c(Cl)c1. The van der Waals surface area contributed by atoms with Gasteiger partial charge in [-0.05, 0) is 42.5 Å². The quantitative estimate of drug-likeness (QED) is 0.421. The minimum atomic E-state index is -0.706. The van der Waals surface area contributed by atoms with Gasteiger partial charge < -0.3 is 14.2 Å². The van der Waals surface area contributed by atoms with Crippen molar-refractivity contribution in [3.8, 4) is 0 Å². The molecule has 0 spiro atoms. The van der Waals surface area contributed by atoms with Gasteiger partial charge in [-0.25, -0.2) is 13.8 Å². The number of hydrogen-bond acceptors (Lipinski definition) is 5. The van der Waals surface area contributed by atoms with Gasteiger partial charge in [0, 0.05) is 11.1 Å². The molecular weight excluding hydrogens is 453 g/mol. The molecule has 10 heteroatoms. The molecule has 0 saturated heterocycles. The molecule has 0 saturated carbocycles. The van der Waals surface area contributed by atoms with E-state index in [1.807, 2.05) is 0 Å². The second kappa shape index (κ2) is 8.10. The van der Waals surface area contributed by atoms with Crippen molar-refractivity contribution in [1.82, 2.24) is 9.13 Å². The monoisotopic (exact) mass is 467 g/mol. The number of fused-ring (bicyclic) bond motifs is 3. The Morgan fingerprint density at radius 1 is 1.06 bits per heavy atom. The van der Waals surface area contributed by atoms with Gasteiger partial charge in [-0.3, -0.25) is 14.2 Å². The van der Waals surface area contributed by atoms with Crippen molar-refractivity contribution in [2.24, 2.45) is 0 Å². The fourth-order valence-corrected chi connectivity index (χ4v) is 3.84. The summed E-state index contributed by atoms with van der Waals surface area (Å²) in [6.07, 6.45) is 1.43. The van der Waals surface area contributed by atoms with Crippen LogP contribution in [-0.4, -0.2) is 15.0 Å². The third kappa shape index (κ3) is 3.72. The van der Waals surface area contributed by atoms with Gasteiger partial charge in [0.2, 0.25) is 11.5 Å². The zero-order chi connectivity index (χ0) is 23.1. The molecule has 0 unspecified atom stereocenters. The Morgan fingerprint density at radius 3 is 2.64 bits per heavy atom. The second-order valence-electron chi connectivity index (χ2n) is 7.29. The predicted molar refractivity (Wildman–Crippen MR) is 120 cm³/mol. The number of anilines is 1. The second-order valence-corrected chi connectivity index (χ2v) is 7.70. The number of halogens is 2. The molecule has 8 nitrogen and oxygen atoms in total. The van der Waals surface area contributed by atoms with Crippen molar-refractivity contribution in [3.63, 3.8) is 0 Å². The molecule has 0 aliphatic carbocycles. The predicted octanol–water partition coefficient (Wildman–Crippen LogP) is 3.98. The van der Waals surface area contributed by atoms with E-state index >= 15 is 0 Å². The smallest absolute Gasteiger partial charge is 0.332 e. The zero-order valence-electron chi connectivity index (χ0n) is 16.9. The van der Waals surface area contributed by atoms with E-state index in [0.29, 0.717) is 16.7 Å². The van der Waals surface area contributed by atoms with Gasteiger partial charge in [-0.2, -0.15) is 0 Å². The van der Waals surface area contributed by atoms with Crippen molar-refractivity contribution in [2.75, 3.05) is 5.32 Å². The molecule has 2 aromatic carbocycles. The first-order chi connectivity index (χ1) is 15.9. The third-order valence-corrected chi connectivity index (χ3v) is 5.43. The van der Waals surface area contributed by atoms with Crippen LogP contribution in [0.3, 0.4) is 0 Å². The van der Waals surface area contributed by atoms with Crippen molar-refractivity contribution < 1.29 is 18.0 Å². The van der Waals surface area contributed by atoms with Gasteiger partial charge in [0.05, 0.1) is 17.8 Å². The summed E-state index contributed by atoms with van der Waals surface area (Å²) in [5.41, 5.74) is -0.522. The van der Waals surface area contributed by atoms with Crippen LogP contribution in [0.1, 0.15) is 5.76 Å². The number of nitrogens with zero attached hydrogens (tertiary/aromatic N) is 2. The molecule has 1 amide bonds. The molecule has 3 heterocycles. The number of hydrogen-bond donors (Lipinski definition) is 1. The van der Waals surface area contributed by atoms with E-state index in [2.05, 4.69) is 5.32 Å². The van der Waals surface area contributed by atoms with E-state index in [0.717, 1.165) is 10.6 Å². The van der Waals surface area contributed by atoms with Crippen molar-refractivity contribution in [2.45, 2.75) is 13.1 Å². The Bertz CT molecular complexity index is 1630. The van der Waals surface area contributed by atoms with Gasteiger partial charge >= 0.3 is 5.69 Å². The normalized spacial score (nSPS) is 11.3. The summed E-state index contributed by atoms with van der Waals surface area (Å²) in [7, 11) is 0. The molecule has 5 rings (SSSR count). The molecule has 0 fully saturated rings. The highest BCUT2D eigenvalue weighted by atomic mass is 35.5. The number of nitrogens with one attached hydrogen (secondary N) is 1. The molecule has 5 aromatic rings. The summed E-state index contributed by atoms with van der Waals surface area (Å²) in [5.74, 6) is -0.807. The highest BCUT2D eigenvalue weighted by Crippen LogP contribution is 2.26. The molecule has 33 heavy (non-hydrogen) atoms. The minimum absolute atomic E-state index is 0.0556. The van der Waals surface area contributed by atoms with E-state index in [-0.39, 0.29) is 28.4 Å². The Hall–Kier alpha value is -4.11. The number of furan rings is 2. The molecule has 0 atom stereocenters. The van der Waals surface area contributed by atoms with Gasteiger partial charge in [0.15, 0.2) is 0 Å². The number of amides is 1. The molecule has 3 aromatic heterocycles. The van der Waals surface area contributed by atoms with Crippen LogP contribution >= 0.6 is 11.6 Å². The lowest BCUT2D eigenvalue weighted by Gasteiger charge is -2.12. The van der Waals surface area contributed by atoms with Crippen LogP contribution in [0.25, 0.3) is 22.1 Å². The van der Waals surface area contributed by atoms with Crippen LogP contribution in [0.5, 0.6) is 0 Å². The Morgan fingerprint density at radius 2 is 1.88 bits per heavy atom. The van der Waals surface area contributed by atoms with Gasteiger partial charge in [0.25, 0.3) is 5.56 Å². The number of rotatable bonds is 5. The fraction of sp³-hybridized carbons (Fsp3) is 0.0870. The summed E-state index contributed by atoms with van der Waals surface area (Å²) in [6, 6.07) is 13.8. The average Bonchev–Trinajstić information content (AvgIpc) is 3.45. The van der Waals surface area contributed by atoms with E-state index in [4.69, 9.17) is 20.4 Å².